The second kappa shape index (κ2) is 3.24. The molecule has 0 aromatic carbocycles. The standard InChI is InChI=1S/C10H14N2O/c1-7-5-9(7)10-4-3-8(13-10)6-12-11-2/h3-4,6-7,9,11H,5H2,1-2H3/b12-6+. The van der Waals surface area contributed by atoms with E-state index in [1.54, 1.807) is 13.3 Å². The van der Waals surface area contributed by atoms with Gasteiger partial charge >= 0.3 is 0 Å². The average molecular weight is 178 g/mol. The van der Waals surface area contributed by atoms with Crippen molar-refractivity contribution in [3.8, 4) is 0 Å². The SMILES string of the molecule is CN/N=C/c1ccc(C2CC2C)o1. The molecule has 2 rings (SSSR count). The summed E-state index contributed by atoms with van der Waals surface area (Å²) in [5.74, 6) is 3.37. The normalized spacial score (nSPS) is 26.6. The summed E-state index contributed by atoms with van der Waals surface area (Å²) >= 11 is 0. The highest BCUT2D eigenvalue weighted by Crippen LogP contribution is 2.47. The van der Waals surface area contributed by atoms with Crippen molar-refractivity contribution in [2.45, 2.75) is 19.3 Å². The molecule has 1 aromatic heterocycles. The number of rotatable bonds is 3. The molecule has 0 radical (unpaired) electrons. The van der Waals surface area contributed by atoms with Gasteiger partial charge in [0, 0.05) is 13.0 Å². The molecule has 0 spiro atoms. The van der Waals surface area contributed by atoms with Gasteiger partial charge in [-0.3, -0.25) is 0 Å². The molecule has 1 aromatic rings. The lowest BCUT2D eigenvalue weighted by Gasteiger charge is -1.89. The first-order valence-corrected chi connectivity index (χ1v) is 4.61. The minimum Gasteiger partial charge on any atom is -0.460 e. The van der Waals surface area contributed by atoms with Crippen molar-refractivity contribution in [3.05, 3.63) is 23.7 Å². The van der Waals surface area contributed by atoms with Crippen molar-refractivity contribution in [2.75, 3.05) is 7.05 Å². The summed E-state index contributed by atoms with van der Waals surface area (Å²) in [6.07, 6.45) is 2.95. The van der Waals surface area contributed by atoms with E-state index >= 15 is 0 Å². The summed E-state index contributed by atoms with van der Waals surface area (Å²) < 4.78 is 5.59. The number of hydrazone groups is 1. The first-order valence-electron chi connectivity index (χ1n) is 4.61. The second-order valence-electron chi connectivity index (χ2n) is 3.54. The summed E-state index contributed by atoms with van der Waals surface area (Å²) in [6.45, 7) is 2.24. The van der Waals surface area contributed by atoms with E-state index in [1.807, 2.05) is 12.1 Å². The molecule has 0 aliphatic heterocycles. The zero-order valence-electron chi connectivity index (χ0n) is 7.95. The second-order valence-corrected chi connectivity index (χ2v) is 3.54. The molecule has 2 atom stereocenters. The molecular formula is C10H14N2O. The zero-order valence-corrected chi connectivity index (χ0v) is 7.95. The Kier molecular flexibility index (Phi) is 2.08. The minimum atomic E-state index is 0.650. The van der Waals surface area contributed by atoms with E-state index < -0.39 is 0 Å². The lowest BCUT2D eigenvalue weighted by Crippen LogP contribution is -1.93. The largest absolute Gasteiger partial charge is 0.460 e. The zero-order chi connectivity index (χ0) is 9.26. The third-order valence-corrected chi connectivity index (χ3v) is 2.44. The Morgan fingerprint density at radius 3 is 3.00 bits per heavy atom. The first kappa shape index (κ1) is 8.35. The van der Waals surface area contributed by atoms with Crippen molar-refractivity contribution in [1.82, 2.24) is 5.43 Å². The van der Waals surface area contributed by atoms with Crippen LogP contribution >= 0.6 is 0 Å². The molecule has 3 heteroatoms. The average Bonchev–Trinajstić information content (AvgIpc) is 2.67. The molecule has 1 aliphatic rings. The third kappa shape index (κ3) is 1.74. The van der Waals surface area contributed by atoms with Gasteiger partial charge in [0.05, 0.1) is 6.21 Å². The number of nitrogens with zero attached hydrogens (tertiary/aromatic N) is 1. The maximum absolute atomic E-state index is 5.59. The van der Waals surface area contributed by atoms with Gasteiger partial charge in [-0.15, -0.1) is 0 Å². The van der Waals surface area contributed by atoms with Crippen LogP contribution in [0.3, 0.4) is 0 Å². The van der Waals surface area contributed by atoms with Crippen LogP contribution in [0.25, 0.3) is 0 Å². The van der Waals surface area contributed by atoms with E-state index in [0.717, 1.165) is 17.4 Å². The van der Waals surface area contributed by atoms with E-state index in [2.05, 4.69) is 17.5 Å². The van der Waals surface area contributed by atoms with E-state index in [9.17, 15) is 0 Å². The summed E-state index contributed by atoms with van der Waals surface area (Å²) in [5, 5.41) is 3.89. The van der Waals surface area contributed by atoms with Crippen LogP contribution in [-0.4, -0.2) is 13.3 Å². The molecule has 3 nitrogen and oxygen atoms in total. The van der Waals surface area contributed by atoms with Gasteiger partial charge in [-0.1, -0.05) is 6.92 Å². The van der Waals surface area contributed by atoms with Crippen LogP contribution in [0.15, 0.2) is 21.7 Å². The fourth-order valence-corrected chi connectivity index (χ4v) is 1.48. The summed E-state index contributed by atoms with van der Waals surface area (Å²) in [6, 6.07) is 4.01. The van der Waals surface area contributed by atoms with Gasteiger partial charge < -0.3 is 9.84 Å². The van der Waals surface area contributed by atoms with Gasteiger partial charge in [-0.2, -0.15) is 5.10 Å². The van der Waals surface area contributed by atoms with E-state index in [0.29, 0.717) is 5.92 Å². The highest BCUT2D eigenvalue weighted by Gasteiger charge is 2.36. The van der Waals surface area contributed by atoms with Crippen LogP contribution in [0.5, 0.6) is 0 Å². The lowest BCUT2D eigenvalue weighted by atomic mass is 10.3. The number of furan rings is 1. The number of nitrogens with one attached hydrogen (secondary N) is 1. The smallest absolute Gasteiger partial charge is 0.147 e. The summed E-state index contributed by atoms with van der Waals surface area (Å²) in [5.41, 5.74) is 2.69. The van der Waals surface area contributed by atoms with Crippen LogP contribution in [0.1, 0.15) is 30.8 Å². The predicted molar refractivity (Wildman–Crippen MR) is 51.9 cm³/mol. The molecule has 0 saturated heterocycles. The highest BCUT2D eigenvalue weighted by atomic mass is 16.3. The van der Waals surface area contributed by atoms with Gasteiger partial charge in [0.15, 0.2) is 0 Å². The maximum Gasteiger partial charge on any atom is 0.147 e. The molecule has 70 valence electrons. The Morgan fingerprint density at radius 1 is 1.62 bits per heavy atom. The number of hydrogen-bond donors (Lipinski definition) is 1. The van der Waals surface area contributed by atoms with Crippen LogP contribution in [-0.2, 0) is 0 Å². The monoisotopic (exact) mass is 178 g/mol. The van der Waals surface area contributed by atoms with Crippen molar-refractivity contribution in [2.24, 2.45) is 11.0 Å². The Labute approximate surface area is 77.8 Å². The molecule has 0 amide bonds. The number of hydrogen-bond acceptors (Lipinski definition) is 3. The van der Waals surface area contributed by atoms with Gasteiger partial charge in [0.1, 0.15) is 11.5 Å². The predicted octanol–water partition coefficient (Wildman–Crippen LogP) is 1.96. The Bertz CT molecular complexity index is 316. The maximum atomic E-state index is 5.59. The van der Waals surface area contributed by atoms with Crippen molar-refractivity contribution < 1.29 is 4.42 Å². The van der Waals surface area contributed by atoms with Gasteiger partial charge in [0.2, 0.25) is 0 Å². The molecule has 2 unspecified atom stereocenters. The molecule has 1 heterocycles. The quantitative estimate of drug-likeness (QED) is 0.567. The van der Waals surface area contributed by atoms with Gasteiger partial charge in [-0.25, -0.2) is 0 Å². The van der Waals surface area contributed by atoms with Crippen molar-refractivity contribution >= 4 is 6.21 Å². The first-order chi connectivity index (χ1) is 6.31. The van der Waals surface area contributed by atoms with Gasteiger partial charge in [0.25, 0.3) is 0 Å². The summed E-state index contributed by atoms with van der Waals surface area (Å²) in [4.78, 5) is 0. The van der Waals surface area contributed by atoms with Crippen LogP contribution in [0.4, 0.5) is 0 Å². The Hall–Kier alpha value is -1.25. The van der Waals surface area contributed by atoms with Gasteiger partial charge in [-0.05, 0) is 24.5 Å². The van der Waals surface area contributed by atoms with E-state index in [4.69, 9.17) is 4.42 Å². The van der Waals surface area contributed by atoms with Crippen LogP contribution in [0.2, 0.25) is 0 Å². The third-order valence-electron chi connectivity index (χ3n) is 2.44. The molecule has 1 aliphatic carbocycles. The Balaban J connectivity index is 2.05. The molecule has 0 bridgehead atoms. The minimum absolute atomic E-state index is 0.650. The molecule has 13 heavy (non-hydrogen) atoms. The molecule has 1 fully saturated rings. The van der Waals surface area contributed by atoms with Crippen molar-refractivity contribution in [1.29, 1.82) is 0 Å². The highest BCUT2D eigenvalue weighted by molar-refractivity contribution is 5.75. The fraction of sp³-hybridized carbons (Fsp3) is 0.500. The lowest BCUT2D eigenvalue weighted by molar-refractivity contribution is 0.500. The van der Waals surface area contributed by atoms with Crippen LogP contribution in [0, 0.1) is 5.92 Å². The molecular weight excluding hydrogens is 164 g/mol. The Morgan fingerprint density at radius 2 is 2.38 bits per heavy atom. The molecule has 1 saturated carbocycles. The van der Waals surface area contributed by atoms with Crippen LogP contribution < -0.4 is 5.43 Å². The summed E-state index contributed by atoms with van der Waals surface area (Å²) in [7, 11) is 1.77. The fourth-order valence-electron chi connectivity index (χ4n) is 1.48. The molecule has 1 N–H and O–H groups in total. The van der Waals surface area contributed by atoms with E-state index in [1.165, 1.54) is 6.42 Å². The van der Waals surface area contributed by atoms with E-state index in [-0.39, 0.29) is 0 Å². The van der Waals surface area contributed by atoms with Crippen molar-refractivity contribution in [3.63, 3.8) is 0 Å². The topological polar surface area (TPSA) is 37.5 Å².